The van der Waals surface area contributed by atoms with Crippen LogP contribution in [0.4, 0.5) is 17.1 Å². The number of carbonyl (C=O) groups is 2. The summed E-state index contributed by atoms with van der Waals surface area (Å²) in [7, 11) is 0. The second kappa shape index (κ2) is 4.70. The van der Waals surface area contributed by atoms with Crippen molar-refractivity contribution in [1.29, 1.82) is 0 Å². The molecule has 3 rings (SSSR count). The fourth-order valence-electron chi connectivity index (χ4n) is 2.98. The van der Waals surface area contributed by atoms with Gasteiger partial charge >= 0.3 is 0 Å². The van der Waals surface area contributed by atoms with Gasteiger partial charge in [-0.3, -0.25) is 9.59 Å². The summed E-state index contributed by atoms with van der Waals surface area (Å²) in [5.41, 5.74) is 14.8. The van der Waals surface area contributed by atoms with Crippen molar-refractivity contribution >= 4 is 28.9 Å². The molecular weight excluding hydrogens is 256 g/mol. The summed E-state index contributed by atoms with van der Waals surface area (Å²) >= 11 is 0. The summed E-state index contributed by atoms with van der Waals surface area (Å²) in [5.74, 6) is -0.404. The van der Waals surface area contributed by atoms with E-state index >= 15 is 0 Å². The van der Waals surface area contributed by atoms with E-state index in [1.807, 2.05) is 12.1 Å². The van der Waals surface area contributed by atoms with E-state index in [9.17, 15) is 9.59 Å². The average Bonchev–Trinajstić information content (AvgIpc) is 2.77. The number of amides is 2. The van der Waals surface area contributed by atoms with E-state index in [-0.39, 0.29) is 17.7 Å². The first-order valence-electron chi connectivity index (χ1n) is 6.81. The molecule has 5 N–H and O–H groups in total. The Kier molecular flexibility index (Phi) is 3.00. The number of rotatable bonds is 2. The second-order valence-electron chi connectivity index (χ2n) is 5.48. The van der Waals surface area contributed by atoms with Crippen molar-refractivity contribution in [2.75, 3.05) is 29.0 Å². The number of nitrogens with zero attached hydrogens (tertiary/aromatic N) is 1. The minimum absolute atomic E-state index is 0.00907. The highest BCUT2D eigenvalue weighted by Gasteiger charge is 2.27. The number of carbonyl (C=O) groups excluding carboxylic acids is 2. The van der Waals surface area contributed by atoms with Gasteiger partial charge in [0, 0.05) is 18.8 Å². The highest BCUT2D eigenvalue weighted by Crippen LogP contribution is 2.35. The van der Waals surface area contributed by atoms with E-state index in [1.54, 1.807) is 0 Å². The van der Waals surface area contributed by atoms with Crippen molar-refractivity contribution < 1.29 is 9.59 Å². The molecule has 1 saturated heterocycles. The quantitative estimate of drug-likeness (QED) is 0.682. The van der Waals surface area contributed by atoms with Crippen molar-refractivity contribution in [2.24, 2.45) is 11.7 Å². The van der Waals surface area contributed by atoms with Crippen molar-refractivity contribution in [3.8, 4) is 0 Å². The molecule has 0 spiro atoms. The Morgan fingerprint density at radius 2 is 2.20 bits per heavy atom. The monoisotopic (exact) mass is 274 g/mol. The van der Waals surface area contributed by atoms with Crippen LogP contribution in [0, 0.1) is 5.92 Å². The lowest BCUT2D eigenvalue weighted by atomic mass is 9.96. The van der Waals surface area contributed by atoms with Crippen LogP contribution < -0.4 is 21.7 Å². The van der Waals surface area contributed by atoms with Crippen LogP contribution >= 0.6 is 0 Å². The predicted molar refractivity (Wildman–Crippen MR) is 77.3 cm³/mol. The van der Waals surface area contributed by atoms with E-state index in [0.29, 0.717) is 18.7 Å². The molecule has 2 heterocycles. The van der Waals surface area contributed by atoms with Crippen LogP contribution in [-0.2, 0) is 16.0 Å². The summed E-state index contributed by atoms with van der Waals surface area (Å²) in [6, 6.07) is 3.75. The lowest BCUT2D eigenvalue weighted by Gasteiger charge is -2.34. The van der Waals surface area contributed by atoms with E-state index < -0.39 is 0 Å². The highest BCUT2D eigenvalue weighted by atomic mass is 16.2. The van der Waals surface area contributed by atoms with Crippen molar-refractivity contribution in [3.05, 3.63) is 17.7 Å². The van der Waals surface area contributed by atoms with Gasteiger partial charge in [0.2, 0.25) is 11.8 Å². The Morgan fingerprint density at radius 3 is 2.95 bits per heavy atom. The van der Waals surface area contributed by atoms with Gasteiger partial charge in [0.05, 0.1) is 23.7 Å². The van der Waals surface area contributed by atoms with Crippen LogP contribution in [-0.4, -0.2) is 24.9 Å². The van der Waals surface area contributed by atoms with Crippen LogP contribution in [0.5, 0.6) is 0 Å². The molecule has 6 nitrogen and oxygen atoms in total. The largest absolute Gasteiger partial charge is 0.397 e. The number of benzene rings is 1. The number of hydrogen-bond donors (Lipinski definition) is 3. The lowest BCUT2D eigenvalue weighted by Crippen LogP contribution is -2.41. The van der Waals surface area contributed by atoms with Crippen molar-refractivity contribution in [3.63, 3.8) is 0 Å². The third kappa shape index (κ3) is 2.17. The van der Waals surface area contributed by atoms with E-state index in [1.165, 1.54) is 0 Å². The Bertz CT molecular complexity index is 585. The highest BCUT2D eigenvalue weighted by molar-refractivity contribution is 6.01. The van der Waals surface area contributed by atoms with E-state index in [4.69, 9.17) is 11.5 Å². The normalized spacial score (nSPS) is 21.5. The first-order valence-corrected chi connectivity index (χ1v) is 6.81. The minimum Gasteiger partial charge on any atom is -0.397 e. The van der Waals surface area contributed by atoms with E-state index in [2.05, 4.69) is 10.2 Å². The molecule has 0 radical (unpaired) electrons. The number of piperidine rings is 1. The maximum absolute atomic E-state index is 11.4. The molecule has 2 amide bonds. The molecule has 1 aromatic rings. The lowest BCUT2D eigenvalue weighted by molar-refractivity contribution is -0.122. The predicted octanol–water partition coefficient (Wildman–Crippen LogP) is 0.465. The number of primary amides is 1. The molecule has 6 heteroatoms. The molecule has 0 aromatic heterocycles. The van der Waals surface area contributed by atoms with Gasteiger partial charge < -0.3 is 21.7 Å². The number of nitrogens with one attached hydrogen (secondary N) is 1. The zero-order valence-corrected chi connectivity index (χ0v) is 11.2. The summed E-state index contributed by atoms with van der Waals surface area (Å²) in [6.07, 6.45) is 2.12. The molecule has 106 valence electrons. The van der Waals surface area contributed by atoms with Gasteiger partial charge in [-0.2, -0.15) is 0 Å². The van der Waals surface area contributed by atoms with Crippen molar-refractivity contribution in [2.45, 2.75) is 19.3 Å². The molecule has 0 aliphatic carbocycles. The van der Waals surface area contributed by atoms with Crippen LogP contribution in [0.1, 0.15) is 18.4 Å². The maximum Gasteiger partial charge on any atom is 0.228 e. The Hall–Kier alpha value is -2.24. The number of fused-ring (bicyclic) bond motifs is 1. The average molecular weight is 274 g/mol. The number of anilines is 3. The summed E-state index contributed by atoms with van der Waals surface area (Å²) in [6.45, 7) is 1.44. The molecule has 1 unspecified atom stereocenters. The first kappa shape index (κ1) is 12.8. The smallest absolute Gasteiger partial charge is 0.228 e. The molecule has 2 aliphatic heterocycles. The van der Waals surface area contributed by atoms with Crippen LogP contribution in [0.3, 0.4) is 0 Å². The number of hydrogen-bond acceptors (Lipinski definition) is 4. The van der Waals surface area contributed by atoms with Crippen LogP contribution in [0.15, 0.2) is 12.1 Å². The van der Waals surface area contributed by atoms with Gasteiger partial charge in [-0.15, -0.1) is 0 Å². The fourth-order valence-corrected chi connectivity index (χ4v) is 2.98. The molecule has 1 aromatic carbocycles. The zero-order valence-electron chi connectivity index (χ0n) is 11.2. The Morgan fingerprint density at radius 1 is 1.40 bits per heavy atom. The van der Waals surface area contributed by atoms with E-state index in [0.717, 1.165) is 36.3 Å². The van der Waals surface area contributed by atoms with Gasteiger partial charge in [0.25, 0.3) is 0 Å². The number of nitrogens with two attached hydrogens (primary N) is 2. The number of nitrogen functional groups attached to an aromatic ring is 1. The third-order valence-corrected chi connectivity index (χ3v) is 4.04. The third-order valence-electron chi connectivity index (χ3n) is 4.04. The van der Waals surface area contributed by atoms with Gasteiger partial charge in [0.1, 0.15) is 0 Å². The fraction of sp³-hybridized carbons (Fsp3) is 0.429. The van der Waals surface area contributed by atoms with Crippen LogP contribution in [0.2, 0.25) is 0 Å². The maximum atomic E-state index is 11.4. The van der Waals surface area contributed by atoms with Crippen molar-refractivity contribution in [1.82, 2.24) is 0 Å². The summed E-state index contributed by atoms with van der Waals surface area (Å²) in [4.78, 5) is 24.8. The van der Waals surface area contributed by atoms with Gasteiger partial charge in [0.15, 0.2) is 0 Å². The summed E-state index contributed by atoms with van der Waals surface area (Å²) in [5, 5.41) is 2.83. The van der Waals surface area contributed by atoms with Gasteiger partial charge in [-0.25, -0.2) is 0 Å². The molecule has 20 heavy (non-hydrogen) atoms. The molecule has 1 atom stereocenters. The Labute approximate surface area is 117 Å². The standard InChI is InChI=1S/C14H18N4O2/c15-10-4-9-5-13(19)17-11(9)6-12(10)18-3-1-2-8(7-18)14(16)20/h4,6,8H,1-3,5,7,15H2,(H2,16,20)(H,17,19). The molecule has 0 bridgehead atoms. The van der Waals surface area contributed by atoms with Crippen LogP contribution in [0.25, 0.3) is 0 Å². The SMILES string of the molecule is NC(=O)C1CCCN(c2cc3c(cc2N)CC(=O)N3)C1. The minimum atomic E-state index is -0.261. The summed E-state index contributed by atoms with van der Waals surface area (Å²) < 4.78 is 0. The topological polar surface area (TPSA) is 101 Å². The first-order chi connectivity index (χ1) is 9.54. The van der Waals surface area contributed by atoms with Gasteiger partial charge in [-0.05, 0) is 30.5 Å². The Balaban J connectivity index is 1.89. The zero-order chi connectivity index (χ0) is 14.3. The molecular formula is C14H18N4O2. The second-order valence-corrected chi connectivity index (χ2v) is 5.48. The van der Waals surface area contributed by atoms with Gasteiger partial charge in [-0.1, -0.05) is 0 Å². The molecule has 1 fully saturated rings. The molecule has 0 saturated carbocycles. The molecule has 2 aliphatic rings.